The maximum atomic E-state index is 12.9. The second kappa shape index (κ2) is 7.78. The molecule has 0 bridgehead atoms. The van der Waals surface area contributed by atoms with Crippen LogP contribution in [0.5, 0.6) is 0 Å². The second-order valence-electron chi connectivity index (χ2n) is 5.51. The smallest absolute Gasteiger partial charge is 0.321 e. The zero-order valence-electron chi connectivity index (χ0n) is 13.8. The van der Waals surface area contributed by atoms with Crippen LogP contribution in [0.4, 0.5) is 28.9 Å². The Morgan fingerprint density at radius 3 is 2.22 bits per heavy atom. The van der Waals surface area contributed by atoms with Crippen molar-refractivity contribution in [1.29, 1.82) is 0 Å². The van der Waals surface area contributed by atoms with Crippen molar-refractivity contribution in [3.05, 3.63) is 65.5 Å². The molecule has 0 radical (unpaired) electrons. The molecule has 144 valence electrons. The fourth-order valence-electron chi connectivity index (χ4n) is 2.03. The fraction of sp³-hybridized carbons (Fsp3) is 0.118. The van der Waals surface area contributed by atoms with Crippen molar-refractivity contribution in [3.8, 4) is 0 Å². The van der Waals surface area contributed by atoms with Crippen LogP contribution in [-0.2, 0) is 21.0 Å². The molecule has 1 amide bonds. The Hall–Kier alpha value is -2.88. The van der Waals surface area contributed by atoms with Crippen LogP contribution in [0.2, 0.25) is 0 Å². The Morgan fingerprint density at radius 1 is 1.04 bits per heavy atom. The van der Waals surface area contributed by atoms with Gasteiger partial charge in [0.25, 0.3) is 0 Å². The van der Waals surface area contributed by atoms with E-state index in [9.17, 15) is 30.8 Å². The van der Waals surface area contributed by atoms with Gasteiger partial charge < -0.3 is 5.32 Å². The van der Waals surface area contributed by atoms with Gasteiger partial charge in [-0.05, 0) is 42.0 Å². The molecule has 0 aromatic heterocycles. The number of benzene rings is 2. The first-order valence-corrected chi connectivity index (χ1v) is 9.27. The molecule has 0 unspecified atom stereocenters. The van der Waals surface area contributed by atoms with E-state index < -0.39 is 33.5 Å². The lowest BCUT2D eigenvalue weighted by atomic mass is 10.1. The van der Waals surface area contributed by atoms with E-state index in [-0.39, 0.29) is 11.4 Å². The van der Waals surface area contributed by atoms with Crippen LogP contribution in [0.3, 0.4) is 0 Å². The first-order valence-electron chi connectivity index (χ1n) is 7.38. The topological polar surface area (TPSA) is 75.3 Å². The third-order valence-corrected chi connectivity index (χ3v) is 3.79. The standard InChI is InChI=1S/C17H14F4N2O3S/c1-27(25,26)23-14-8-5-12(17(19,20)21)10-15(14)22-16(24)9-4-11-2-6-13(18)7-3-11/h2-10,23H,1H3,(H,22,24). The summed E-state index contributed by atoms with van der Waals surface area (Å²) in [7, 11) is -3.78. The lowest BCUT2D eigenvalue weighted by molar-refractivity contribution is -0.137. The molecular weight excluding hydrogens is 388 g/mol. The van der Waals surface area contributed by atoms with E-state index in [4.69, 9.17) is 0 Å². The van der Waals surface area contributed by atoms with Crippen molar-refractivity contribution in [2.45, 2.75) is 6.18 Å². The molecule has 2 rings (SSSR count). The summed E-state index contributed by atoms with van der Waals surface area (Å²) in [4.78, 5) is 12.0. The van der Waals surface area contributed by atoms with Gasteiger partial charge in [-0.2, -0.15) is 13.2 Å². The van der Waals surface area contributed by atoms with E-state index in [0.29, 0.717) is 17.7 Å². The highest BCUT2D eigenvalue weighted by Crippen LogP contribution is 2.34. The summed E-state index contributed by atoms with van der Waals surface area (Å²) in [5.74, 6) is -1.26. The summed E-state index contributed by atoms with van der Waals surface area (Å²) in [6.07, 6.45) is -1.50. The second-order valence-corrected chi connectivity index (χ2v) is 7.25. The summed E-state index contributed by atoms with van der Waals surface area (Å²) in [5, 5.41) is 2.20. The fourth-order valence-corrected chi connectivity index (χ4v) is 2.61. The van der Waals surface area contributed by atoms with Gasteiger partial charge in [-0.3, -0.25) is 9.52 Å². The van der Waals surface area contributed by atoms with Crippen LogP contribution in [0.15, 0.2) is 48.5 Å². The lowest BCUT2D eigenvalue weighted by Gasteiger charge is -2.14. The van der Waals surface area contributed by atoms with Crippen LogP contribution >= 0.6 is 0 Å². The number of amides is 1. The number of alkyl halides is 3. The summed E-state index contributed by atoms with van der Waals surface area (Å²) >= 11 is 0. The number of carbonyl (C=O) groups is 1. The Bertz CT molecular complexity index is 969. The molecule has 0 spiro atoms. The van der Waals surface area contributed by atoms with Crippen molar-refractivity contribution in [2.75, 3.05) is 16.3 Å². The van der Waals surface area contributed by atoms with Crippen LogP contribution in [0.1, 0.15) is 11.1 Å². The zero-order valence-corrected chi connectivity index (χ0v) is 14.7. The lowest BCUT2D eigenvalue weighted by Crippen LogP contribution is -2.16. The maximum absolute atomic E-state index is 12.9. The van der Waals surface area contributed by atoms with Gasteiger partial charge in [0.2, 0.25) is 15.9 Å². The van der Waals surface area contributed by atoms with Crippen molar-refractivity contribution >= 4 is 33.4 Å². The highest BCUT2D eigenvalue weighted by Gasteiger charge is 2.31. The molecule has 27 heavy (non-hydrogen) atoms. The van der Waals surface area contributed by atoms with Crippen molar-refractivity contribution in [3.63, 3.8) is 0 Å². The molecule has 10 heteroatoms. The monoisotopic (exact) mass is 402 g/mol. The van der Waals surface area contributed by atoms with Crippen LogP contribution in [0.25, 0.3) is 6.08 Å². The average Bonchev–Trinajstić information content (AvgIpc) is 2.53. The number of sulfonamides is 1. The summed E-state index contributed by atoms with van der Waals surface area (Å²) in [6.45, 7) is 0. The van der Waals surface area contributed by atoms with E-state index >= 15 is 0 Å². The molecular formula is C17H14F4N2O3S. The van der Waals surface area contributed by atoms with Gasteiger partial charge >= 0.3 is 6.18 Å². The molecule has 2 aromatic rings. The third kappa shape index (κ3) is 6.41. The predicted molar refractivity (Wildman–Crippen MR) is 94.0 cm³/mol. The van der Waals surface area contributed by atoms with Crippen molar-refractivity contribution in [1.82, 2.24) is 0 Å². The van der Waals surface area contributed by atoms with Gasteiger partial charge in [0.05, 0.1) is 23.2 Å². The minimum absolute atomic E-state index is 0.214. The normalized spacial score (nSPS) is 12.2. The van der Waals surface area contributed by atoms with E-state index in [1.807, 2.05) is 4.72 Å². The number of halogens is 4. The molecule has 2 N–H and O–H groups in total. The van der Waals surface area contributed by atoms with Crippen LogP contribution in [-0.4, -0.2) is 20.6 Å². The number of rotatable bonds is 5. The molecule has 0 saturated carbocycles. The maximum Gasteiger partial charge on any atom is 0.416 e. The first-order chi connectivity index (χ1) is 12.4. The number of anilines is 2. The highest BCUT2D eigenvalue weighted by molar-refractivity contribution is 7.92. The molecule has 5 nitrogen and oxygen atoms in total. The van der Waals surface area contributed by atoms with E-state index in [1.54, 1.807) is 0 Å². The van der Waals surface area contributed by atoms with E-state index in [0.717, 1.165) is 18.4 Å². The Morgan fingerprint density at radius 2 is 1.67 bits per heavy atom. The first kappa shape index (κ1) is 20.4. The minimum atomic E-state index is -4.67. The molecule has 0 aliphatic heterocycles. The Kier molecular flexibility index (Phi) is 5.89. The van der Waals surface area contributed by atoms with Gasteiger partial charge in [0.1, 0.15) is 5.82 Å². The molecule has 0 aliphatic carbocycles. The summed E-state index contributed by atoms with van der Waals surface area (Å²) in [5.41, 5.74) is -1.14. The summed E-state index contributed by atoms with van der Waals surface area (Å²) in [6, 6.07) is 7.38. The predicted octanol–water partition coefficient (Wildman–Crippen LogP) is 3.87. The average molecular weight is 402 g/mol. The van der Waals surface area contributed by atoms with Gasteiger partial charge in [0, 0.05) is 6.08 Å². The van der Waals surface area contributed by atoms with Crippen molar-refractivity contribution < 1.29 is 30.8 Å². The number of hydrogen-bond acceptors (Lipinski definition) is 3. The van der Waals surface area contributed by atoms with Gasteiger partial charge in [-0.15, -0.1) is 0 Å². The molecule has 0 saturated heterocycles. The number of nitrogens with one attached hydrogen (secondary N) is 2. The van der Waals surface area contributed by atoms with E-state index in [1.165, 1.54) is 30.3 Å². The third-order valence-electron chi connectivity index (χ3n) is 3.20. The molecule has 0 heterocycles. The number of carbonyl (C=O) groups excluding carboxylic acids is 1. The van der Waals surface area contributed by atoms with Gasteiger partial charge in [-0.25, -0.2) is 12.8 Å². The molecule has 2 aromatic carbocycles. The van der Waals surface area contributed by atoms with Crippen molar-refractivity contribution in [2.24, 2.45) is 0 Å². The summed E-state index contributed by atoms with van der Waals surface area (Å²) < 4.78 is 76.3. The minimum Gasteiger partial charge on any atom is -0.321 e. The van der Waals surface area contributed by atoms with E-state index in [2.05, 4.69) is 5.32 Å². The van der Waals surface area contributed by atoms with Gasteiger partial charge in [0.15, 0.2) is 0 Å². The van der Waals surface area contributed by atoms with Crippen LogP contribution in [0, 0.1) is 5.82 Å². The quantitative estimate of drug-likeness (QED) is 0.589. The molecule has 0 atom stereocenters. The SMILES string of the molecule is CS(=O)(=O)Nc1ccc(C(F)(F)F)cc1NC(=O)C=Cc1ccc(F)cc1. The molecule has 0 aliphatic rings. The number of hydrogen-bond donors (Lipinski definition) is 2. The Labute approximate surface area is 152 Å². The zero-order chi connectivity index (χ0) is 20.2. The highest BCUT2D eigenvalue weighted by atomic mass is 32.2. The Balaban J connectivity index is 2.28. The largest absolute Gasteiger partial charge is 0.416 e. The van der Waals surface area contributed by atoms with Gasteiger partial charge in [-0.1, -0.05) is 12.1 Å². The van der Waals surface area contributed by atoms with Crippen LogP contribution < -0.4 is 10.0 Å². The molecule has 0 fully saturated rings.